The van der Waals surface area contributed by atoms with Crippen molar-refractivity contribution in [3.05, 3.63) is 23.4 Å². The van der Waals surface area contributed by atoms with Crippen LogP contribution in [0.2, 0.25) is 5.02 Å². The smallest absolute Gasteiger partial charge is 0.209 e. The van der Waals surface area contributed by atoms with E-state index in [1.807, 2.05) is 17.0 Å². The van der Waals surface area contributed by atoms with Gasteiger partial charge < -0.3 is 14.5 Å². The van der Waals surface area contributed by atoms with Crippen molar-refractivity contribution in [2.24, 2.45) is 5.92 Å². The molecule has 24 heavy (non-hydrogen) atoms. The highest BCUT2D eigenvalue weighted by atomic mass is 35.5. The molecule has 2 saturated heterocycles. The van der Waals surface area contributed by atoms with E-state index in [0.29, 0.717) is 17.0 Å². The molecule has 0 spiro atoms. The lowest BCUT2D eigenvalue weighted by Crippen LogP contribution is -2.41. The van der Waals surface area contributed by atoms with Gasteiger partial charge in [0.25, 0.3) is 0 Å². The number of ether oxygens (including phenoxy) is 1. The number of carbonyl (C=O) groups excluding carboxylic acids is 1. The maximum absolute atomic E-state index is 11.4. The lowest BCUT2D eigenvalue weighted by molar-refractivity contribution is -0.122. The summed E-state index contributed by atoms with van der Waals surface area (Å²) in [6.07, 6.45) is 8.11. The Morgan fingerprint density at radius 3 is 2.88 bits per heavy atom. The molecular weight excluding hydrogens is 326 g/mol. The second-order valence-electron chi connectivity index (χ2n) is 6.76. The predicted molar refractivity (Wildman–Crippen MR) is 95.4 cm³/mol. The molecule has 3 rings (SSSR count). The van der Waals surface area contributed by atoms with Gasteiger partial charge in [0.2, 0.25) is 6.41 Å². The van der Waals surface area contributed by atoms with Crippen molar-refractivity contribution in [1.82, 2.24) is 9.88 Å². The number of piperidine rings is 1. The fraction of sp³-hybridized carbons (Fsp3) is 0.667. The monoisotopic (exact) mass is 351 g/mol. The van der Waals surface area contributed by atoms with Crippen molar-refractivity contribution in [3.63, 3.8) is 0 Å². The van der Waals surface area contributed by atoms with Gasteiger partial charge in [-0.25, -0.2) is 4.98 Å². The molecule has 5 nitrogen and oxygen atoms in total. The zero-order valence-corrected chi connectivity index (χ0v) is 14.8. The van der Waals surface area contributed by atoms with E-state index in [4.69, 9.17) is 16.3 Å². The summed E-state index contributed by atoms with van der Waals surface area (Å²) >= 11 is 5.93. The number of halogens is 1. The number of nitrogens with zero attached hydrogens (tertiary/aromatic N) is 3. The minimum Gasteiger partial charge on any atom is -0.381 e. The topological polar surface area (TPSA) is 45.7 Å². The molecule has 0 saturated carbocycles. The van der Waals surface area contributed by atoms with Crippen molar-refractivity contribution in [2.75, 3.05) is 37.7 Å². The Hall–Kier alpha value is -1.33. The number of pyridine rings is 1. The molecule has 0 radical (unpaired) electrons. The molecule has 1 aromatic rings. The van der Waals surface area contributed by atoms with Crippen LogP contribution in [0.3, 0.4) is 0 Å². The quantitative estimate of drug-likeness (QED) is 0.739. The van der Waals surface area contributed by atoms with Gasteiger partial charge >= 0.3 is 0 Å². The summed E-state index contributed by atoms with van der Waals surface area (Å²) in [7, 11) is 0. The van der Waals surface area contributed by atoms with Gasteiger partial charge in [-0.05, 0) is 50.2 Å². The highest BCUT2D eigenvalue weighted by Crippen LogP contribution is 2.25. The summed E-state index contributed by atoms with van der Waals surface area (Å²) in [5.74, 6) is 1.61. The van der Waals surface area contributed by atoms with E-state index in [1.165, 1.54) is 12.8 Å². The summed E-state index contributed by atoms with van der Waals surface area (Å²) in [5, 5.41) is 0.672. The van der Waals surface area contributed by atoms with Crippen LogP contribution in [0.1, 0.15) is 32.1 Å². The first-order valence-corrected chi connectivity index (χ1v) is 9.29. The molecule has 0 bridgehead atoms. The molecule has 3 heterocycles. The number of rotatable bonds is 6. The minimum absolute atomic E-state index is 0.355. The third-order valence-corrected chi connectivity index (χ3v) is 5.37. The van der Waals surface area contributed by atoms with E-state index < -0.39 is 0 Å². The van der Waals surface area contributed by atoms with E-state index >= 15 is 0 Å². The standard InChI is InChI=1S/C18H26ClN3O2/c19-16-3-4-18(20-12-16)21-8-1-2-15(13-21)5-9-22(14-23)17-6-10-24-11-7-17/h3-4,12,14-15,17H,1-2,5-11,13H2. The molecule has 1 amide bonds. The minimum atomic E-state index is 0.355. The lowest BCUT2D eigenvalue weighted by atomic mass is 9.94. The van der Waals surface area contributed by atoms with Crippen LogP contribution in [0, 0.1) is 5.92 Å². The zero-order chi connectivity index (χ0) is 16.8. The summed E-state index contributed by atoms with van der Waals surface area (Å²) in [6.45, 7) is 4.45. The van der Waals surface area contributed by atoms with E-state index in [-0.39, 0.29) is 0 Å². The Bertz CT molecular complexity index is 520. The molecule has 0 aliphatic carbocycles. The van der Waals surface area contributed by atoms with Crippen LogP contribution in [0.15, 0.2) is 18.3 Å². The Balaban J connectivity index is 1.51. The van der Waals surface area contributed by atoms with Crippen molar-refractivity contribution in [1.29, 1.82) is 0 Å². The van der Waals surface area contributed by atoms with Crippen LogP contribution in [0.5, 0.6) is 0 Å². The maximum atomic E-state index is 11.4. The lowest BCUT2D eigenvalue weighted by Gasteiger charge is -2.36. The van der Waals surface area contributed by atoms with Gasteiger partial charge in [0, 0.05) is 45.1 Å². The third kappa shape index (κ3) is 4.61. The van der Waals surface area contributed by atoms with Crippen LogP contribution in [0.25, 0.3) is 0 Å². The van der Waals surface area contributed by atoms with Crippen LogP contribution in [-0.4, -0.2) is 55.2 Å². The number of hydrogen-bond donors (Lipinski definition) is 0. The average molecular weight is 352 g/mol. The number of anilines is 1. The largest absolute Gasteiger partial charge is 0.381 e. The van der Waals surface area contributed by atoms with Crippen molar-refractivity contribution in [2.45, 2.75) is 38.1 Å². The highest BCUT2D eigenvalue weighted by Gasteiger charge is 2.24. The fourth-order valence-electron chi connectivity index (χ4n) is 3.73. The van der Waals surface area contributed by atoms with Crippen molar-refractivity contribution in [3.8, 4) is 0 Å². The number of hydrogen-bond acceptors (Lipinski definition) is 4. The fourth-order valence-corrected chi connectivity index (χ4v) is 3.85. The van der Waals surface area contributed by atoms with Crippen LogP contribution in [-0.2, 0) is 9.53 Å². The predicted octanol–water partition coefficient (Wildman–Crippen LogP) is 2.98. The molecule has 2 aliphatic heterocycles. The molecule has 0 aromatic carbocycles. The molecule has 132 valence electrons. The van der Waals surface area contributed by atoms with E-state index in [1.54, 1.807) is 6.20 Å². The van der Waals surface area contributed by atoms with Gasteiger partial charge in [0.1, 0.15) is 5.82 Å². The van der Waals surface area contributed by atoms with Gasteiger partial charge in [-0.3, -0.25) is 4.79 Å². The van der Waals surface area contributed by atoms with Gasteiger partial charge in [-0.1, -0.05) is 11.6 Å². The van der Waals surface area contributed by atoms with Crippen LogP contribution < -0.4 is 4.90 Å². The van der Waals surface area contributed by atoms with Gasteiger partial charge in [-0.15, -0.1) is 0 Å². The van der Waals surface area contributed by atoms with Crippen molar-refractivity contribution < 1.29 is 9.53 Å². The molecule has 6 heteroatoms. The number of carbonyl (C=O) groups is 1. The van der Waals surface area contributed by atoms with Gasteiger partial charge in [0.15, 0.2) is 0 Å². The maximum Gasteiger partial charge on any atom is 0.209 e. The second kappa shape index (κ2) is 8.67. The Labute approximate surface area is 148 Å². The molecule has 1 unspecified atom stereocenters. The highest BCUT2D eigenvalue weighted by molar-refractivity contribution is 6.30. The zero-order valence-electron chi connectivity index (χ0n) is 14.1. The first kappa shape index (κ1) is 17.5. The first-order chi connectivity index (χ1) is 11.8. The van der Waals surface area contributed by atoms with Crippen LogP contribution in [0.4, 0.5) is 5.82 Å². The molecular formula is C18H26ClN3O2. The second-order valence-corrected chi connectivity index (χ2v) is 7.20. The van der Waals surface area contributed by atoms with Gasteiger partial charge in [-0.2, -0.15) is 0 Å². The third-order valence-electron chi connectivity index (χ3n) is 5.15. The van der Waals surface area contributed by atoms with E-state index in [9.17, 15) is 4.79 Å². The summed E-state index contributed by atoms with van der Waals surface area (Å²) in [6, 6.07) is 4.24. The summed E-state index contributed by atoms with van der Waals surface area (Å²) in [4.78, 5) is 20.2. The molecule has 1 aromatic heterocycles. The first-order valence-electron chi connectivity index (χ1n) is 8.91. The summed E-state index contributed by atoms with van der Waals surface area (Å²) < 4.78 is 5.39. The average Bonchev–Trinajstić information content (AvgIpc) is 2.64. The normalized spacial score (nSPS) is 22.4. The molecule has 2 aliphatic rings. The number of amides is 1. The Kier molecular flexibility index (Phi) is 6.32. The molecule has 1 atom stereocenters. The van der Waals surface area contributed by atoms with Crippen molar-refractivity contribution >= 4 is 23.8 Å². The van der Waals surface area contributed by atoms with E-state index in [0.717, 1.165) is 64.3 Å². The Morgan fingerprint density at radius 2 is 2.17 bits per heavy atom. The summed E-state index contributed by atoms with van der Waals surface area (Å²) in [5.41, 5.74) is 0. The Morgan fingerprint density at radius 1 is 1.33 bits per heavy atom. The van der Waals surface area contributed by atoms with E-state index in [2.05, 4.69) is 9.88 Å². The van der Waals surface area contributed by atoms with Gasteiger partial charge in [0.05, 0.1) is 5.02 Å². The SMILES string of the molecule is O=CN(CCC1CCCN(c2ccc(Cl)cn2)C1)C1CCOCC1. The number of aromatic nitrogens is 1. The van der Waals surface area contributed by atoms with Crippen LogP contribution >= 0.6 is 11.6 Å². The molecule has 2 fully saturated rings. The molecule has 0 N–H and O–H groups in total.